The van der Waals surface area contributed by atoms with E-state index in [2.05, 4.69) is 5.32 Å². The lowest BCUT2D eigenvalue weighted by Gasteiger charge is -2.04. The number of benzene rings is 1. The summed E-state index contributed by atoms with van der Waals surface area (Å²) in [6.45, 7) is 4.18. The Morgan fingerprint density at radius 3 is 2.52 bits per heavy atom. The van der Waals surface area contributed by atoms with Crippen molar-refractivity contribution in [2.45, 2.75) is 13.8 Å². The lowest BCUT2D eigenvalue weighted by molar-refractivity contribution is -0.136. The maximum Gasteiger partial charge on any atom is 0.340 e. The topological polar surface area (TPSA) is 64.6 Å². The molecule has 1 aliphatic rings. The van der Waals surface area contributed by atoms with Crippen molar-refractivity contribution < 1.29 is 19.1 Å². The second-order valence-corrected chi connectivity index (χ2v) is 4.51. The standard InChI is InChI=1S/C16H17NO4/c1-4-21-12-7-5-11(6-8-12)9-13-14(16(19)20-3)10(2)17-15(13)18/h5-9H,4H2,1-3H3,(H,17,18)/b13-9-. The van der Waals surface area contributed by atoms with Gasteiger partial charge in [-0.1, -0.05) is 12.1 Å². The first kappa shape index (κ1) is 14.8. The summed E-state index contributed by atoms with van der Waals surface area (Å²) in [4.78, 5) is 23.7. The Hall–Kier alpha value is -2.56. The van der Waals surface area contributed by atoms with E-state index in [9.17, 15) is 9.59 Å². The summed E-state index contributed by atoms with van der Waals surface area (Å²) >= 11 is 0. The Bertz CT molecular complexity index is 626. The van der Waals surface area contributed by atoms with Crippen molar-refractivity contribution in [3.05, 3.63) is 46.7 Å². The van der Waals surface area contributed by atoms with Crippen LogP contribution in [0.15, 0.2) is 41.1 Å². The Kier molecular flexibility index (Phi) is 4.42. The number of hydrogen-bond donors (Lipinski definition) is 1. The summed E-state index contributed by atoms with van der Waals surface area (Å²) in [5.41, 5.74) is 1.89. The summed E-state index contributed by atoms with van der Waals surface area (Å²) < 4.78 is 10.1. The largest absolute Gasteiger partial charge is 0.494 e. The number of hydrogen-bond acceptors (Lipinski definition) is 4. The van der Waals surface area contributed by atoms with Crippen LogP contribution in [0.4, 0.5) is 0 Å². The van der Waals surface area contributed by atoms with Crippen LogP contribution in [0.3, 0.4) is 0 Å². The highest BCUT2D eigenvalue weighted by Crippen LogP contribution is 2.25. The van der Waals surface area contributed by atoms with Crippen LogP contribution in [-0.4, -0.2) is 25.6 Å². The minimum Gasteiger partial charge on any atom is -0.494 e. The normalized spacial score (nSPS) is 16.1. The Morgan fingerprint density at radius 2 is 1.95 bits per heavy atom. The van der Waals surface area contributed by atoms with Crippen LogP contribution in [0, 0.1) is 0 Å². The fourth-order valence-corrected chi connectivity index (χ4v) is 2.11. The van der Waals surface area contributed by atoms with Gasteiger partial charge in [-0.3, -0.25) is 4.79 Å². The second-order valence-electron chi connectivity index (χ2n) is 4.51. The van der Waals surface area contributed by atoms with Crippen molar-refractivity contribution >= 4 is 18.0 Å². The molecule has 1 heterocycles. The summed E-state index contributed by atoms with van der Waals surface area (Å²) in [5.74, 6) is -0.0692. The average Bonchev–Trinajstić information content (AvgIpc) is 2.75. The Labute approximate surface area is 123 Å². The van der Waals surface area contributed by atoms with Crippen molar-refractivity contribution in [3.8, 4) is 5.75 Å². The number of rotatable bonds is 4. The zero-order valence-corrected chi connectivity index (χ0v) is 12.2. The molecule has 0 saturated carbocycles. The highest BCUT2D eigenvalue weighted by molar-refractivity contribution is 6.16. The molecule has 1 N–H and O–H groups in total. The molecule has 0 bridgehead atoms. The molecule has 5 heteroatoms. The van der Waals surface area contributed by atoms with E-state index < -0.39 is 5.97 Å². The first-order valence-electron chi connectivity index (χ1n) is 6.62. The van der Waals surface area contributed by atoms with Gasteiger partial charge >= 0.3 is 5.97 Å². The van der Waals surface area contributed by atoms with Gasteiger partial charge in [0.05, 0.1) is 24.9 Å². The predicted octanol–water partition coefficient (Wildman–Crippen LogP) is 2.05. The van der Waals surface area contributed by atoms with Gasteiger partial charge in [-0.2, -0.15) is 0 Å². The zero-order chi connectivity index (χ0) is 15.4. The summed E-state index contributed by atoms with van der Waals surface area (Å²) in [6, 6.07) is 7.29. The molecule has 0 aliphatic carbocycles. The van der Waals surface area contributed by atoms with Crippen molar-refractivity contribution in [1.82, 2.24) is 5.32 Å². The van der Waals surface area contributed by atoms with E-state index >= 15 is 0 Å². The third kappa shape index (κ3) is 3.13. The first-order chi connectivity index (χ1) is 10.1. The van der Waals surface area contributed by atoms with Gasteiger partial charge in [0.15, 0.2) is 0 Å². The molecule has 21 heavy (non-hydrogen) atoms. The Morgan fingerprint density at radius 1 is 1.29 bits per heavy atom. The zero-order valence-electron chi connectivity index (χ0n) is 12.2. The molecule has 0 atom stereocenters. The number of carbonyl (C=O) groups excluding carboxylic acids is 2. The van der Waals surface area contributed by atoms with E-state index in [1.807, 2.05) is 31.2 Å². The van der Waals surface area contributed by atoms with Gasteiger partial charge in [-0.15, -0.1) is 0 Å². The quantitative estimate of drug-likeness (QED) is 0.680. The van der Waals surface area contributed by atoms with Crippen molar-refractivity contribution in [3.63, 3.8) is 0 Å². The second kappa shape index (κ2) is 6.26. The molecule has 0 radical (unpaired) electrons. The van der Waals surface area contributed by atoms with Crippen LogP contribution in [-0.2, 0) is 14.3 Å². The molecular formula is C16H17NO4. The fraction of sp³-hybridized carbons (Fsp3) is 0.250. The maximum atomic E-state index is 11.9. The van der Waals surface area contributed by atoms with Crippen LogP contribution in [0.25, 0.3) is 6.08 Å². The van der Waals surface area contributed by atoms with E-state index in [1.165, 1.54) is 7.11 Å². The molecule has 1 aliphatic heterocycles. The van der Waals surface area contributed by atoms with Crippen molar-refractivity contribution in [1.29, 1.82) is 0 Å². The molecule has 0 spiro atoms. The molecule has 1 amide bonds. The van der Waals surface area contributed by atoms with Crippen LogP contribution in [0.5, 0.6) is 5.75 Å². The lowest BCUT2D eigenvalue weighted by atomic mass is 10.0. The average molecular weight is 287 g/mol. The number of carbonyl (C=O) groups is 2. The van der Waals surface area contributed by atoms with E-state index in [4.69, 9.17) is 9.47 Å². The number of esters is 1. The van der Waals surface area contributed by atoms with Crippen LogP contribution in [0.2, 0.25) is 0 Å². The number of ether oxygens (including phenoxy) is 2. The number of amides is 1. The molecule has 0 unspecified atom stereocenters. The third-order valence-corrected chi connectivity index (χ3v) is 3.08. The molecule has 1 aromatic rings. The highest BCUT2D eigenvalue weighted by Gasteiger charge is 2.30. The first-order valence-corrected chi connectivity index (χ1v) is 6.62. The van der Waals surface area contributed by atoms with Gasteiger partial charge < -0.3 is 14.8 Å². The van der Waals surface area contributed by atoms with Gasteiger partial charge in [-0.25, -0.2) is 4.79 Å². The lowest BCUT2D eigenvalue weighted by Crippen LogP contribution is -2.15. The van der Waals surface area contributed by atoms with Crippen molar-refractivity contribution in [2.75, 3.05) is 13.7 Å². The predicted molar refractivity (Wildman–Crippen MR) is 78.4 cm³/mol. The Balaban J connectivity index is 2.34. The molecule has 0 fully saturated rings. The monoisotopic (exact) mass is 287 g/mol. The van der Waals surface area contributed by atoms with Gasteiger partial charge in [0.2, 0.25) is 0 Å². The smallest absolute Gasteiger partial charge is 0.340 e. The van der Waals surface area contributed by atoms with Crippen LogP contribution < -0.4 is 10.1 Å². The van der Waals surface area contributed by atoms with E-state index in [0.717, 1.165) is 11.3 Å². The van der Waals surface area contributed by atoms with Gasteiger partial charge in [0, 0.05) is 5.70 Å². The highest BCUT2D eigenvalue weighted by atomic mass is 16.5. The van der Waals surface area contributed by atoms with Gasteiger partial charge in [0.1, 0.15) is 5.75 Å². The fourth-order valence-electron chi connectivity index (χ4n) is 2.11. The minimum atomic E-state index is -0.525. The SMILES string of the molecule is CCOc1ccc(/C=C2\C(=O)NC(C)=C2C(=O)OC)cc1. The molecule has 5 nitrogen and oxygen atoms in total. The van der Waals surface area contributed by atoms with Gasteiger partial charge in [0.25, 0.3) is 5.91 Å². The van der Waals surface area contributed by atoms with E-state index in [1.54, 1.807) is 13.0 Å². The number of methoxy groups -OCH3 is 1. The molecule has 1 aromatic carbocycles. The van der Waals surface area contributed by atoms with E-state index in [0.29, 0.717) is 17.9 Å². The van der Waals surface area contributed by atoms with Crippen molar-refractivity contribution in [2.24, 2.45) is 0 Å². The number of nitrogens with one attached hydrogen (secondary N) is 1. The molecule has 110 valence electrons. The molecular weight excluding hydrogens is 270 g/mol. The summed E-state index contributed by atoms with van der Waals surface area (Å²) in [5, 5.41) is 2.63. The number of allylic oxidation sites excluding steroid dienone is 1. The summed E-state index contributed by atoms with van der Waals surface area (Å²) in [6.07, 6.45) is 1.66. The maximum absolute atomic E-state index is 11.9. The third-order valence-electron chi connectivity index (χ3n) is 3.08. The molecule has 0 saturated heterocycles. The van der Waals surface area contributed by atoms with E-state index in [-0.39, 0.29) is 11.5 Å². The van der Waals surface area contributed by atoms with Crippen LogP contribution >= 0.6 is 0 Å². The molecule has 0 aromatic heterocycles. The summed E-state index contributed by atoms with van der Waals surface area (Å²) in [7, 11) is 1.29. The van der Waals surface area contributed by atoms with Gasteiger partial charge in [-0.05, 0) is 37.6 Å². The molecule has 2 rings (SSSR count). The minimum absolute atomic E-state index is 0.274. The van der Waals surface area contributed by atoms with Crippen LogP contribution in [0.1, 0.15) is 19.4 Å².